The van der Waals surface area contributed by atoms with E-state index < -0.39 is 0 Å². The summed E-state index contributed by atoms with van der Waals surface area (Å²) < 4.78 is 5.57. The van der Waals surface area contributed by atoms with Crippen molar-refractivity contribution in [1.82, 2.24) is 5.32 Å². The van der Waals surface area contributed by atoms with Gasteiger partial charge >= 0.3 is 0 Å². The summed E-state index contributed by atoms with van der Waals surface area (Å²) >= 11 is 0. The van der Waals surface area contributed by atoms with Crippen molar-refractivity contribution in [3.8, 4) is 0 Å². The second-order valence-electron chi connectivity index (χ2n) is 3.32. The lowest BCUT2D eigenvalue weighted by Gasteiger charge is -2.29. The zero-order chi connectivity index (χ0) is 8.81. The minimum absolute atomic E-state index is 0.473. The quantitative estimate of drug-likeness (QED) is 0.647. The smallest absolute Gasteiger partial charge is 0.0587 e. The topological polar surface area (TPSA) is 21.3 Å². The maximum absolute atomic E-state index is 5.57. The molecule has 0 radical (unpaired) electrons. The van der Waals surface area contributed by atoms with Gasteiger partial charge in [-0.1, -0.05) is 13.0 Å². The maximum Gasteiger partial charge on any atom is 0.0587 e. The molecule has 1 N–H and O–H groups in total. The van der Waals surface area contributed by atoms with Gasteiger partial charge < -0.3 is 10.1 Å². The third-order valence-electron chi connectivity index (χ3n) is 2.37. The lowest BCUT2D eigenvalue weighted by Crippen LogP contribution is -2.38. The normalized spacial score (nSPS) is 30.1. The van der Waals surface area contributed by atoms with Crippen molar-refractivity contribution in [3.05, 3.63) is 12.7 Å². The van der Waals surface area contributed by atoms with E-state index >= 15 is 0 Å². The fourth-order valence-corrected chi connectivity index (χ4v) is 1.60. The van der Waals surface area contributed by atoms with Crippen molar-refractivity contribution >= 4 is 0 Å². The van der Waals surface area contributed by atoms with Gasteiger partial charge in [-0.15, -0.1) is 6.58 Å². The monoisotopic (exact) mass is 169 g/mol. The van der Waals surface area contributed by atoms with E-state index in [9.17, 15) is 0 Å². The van der Waals surface area contributed by atoms with E-state index in [1.165, 1.54) is 0 Å². The zero-order valence-electron chi connectivity index (χ0n) is 7.88. The van der Waals surface area contributed by atoms with E-state index in [-0.39, 0.29) is 0 Å². The lowest BCUT2D eigenvalue weighted by atomic mass is 10.0. The van der Waals surface area contributed by atoms with Gasteiger partial charge in [0.25, 0.3) is 0 Å². The highest BCUT2D eigenvalue weighted by Crippen LogP contribution is 2.15. The molecule has 0 saturated carbocycles. The molecule has 0 bridgehead atoms. The van der Waals surface area contributed by atoms with Crippen LogP contribution in [-0.4, -0.2) is 25.3 Å². The molecule has 1 heterocycles. The van der Waals surface area contributed by atoms with Crippen molar-refractivity contribution in [2.24, 2.45) is 0 Å². The van der Waals surface area contributed by atoms with Crippen molar-refractivity contribution in [3.63, 3.8) is 0 Å². The zero-order valence-corrected chi connectivity index (χ0v) is 7.88. The Hall–Kier alpha value is -0.340. The van der Waals surface area contributed by atoms with Crippen molar-refractivity contribution in [1.29, 1.82) is 0 Å². The maximum atomic E-state index is 5.57. The first-order valence-corrected chi connectivity index (χ1v) is 4.82. The summed E-state index contributed by atoms with van der Waals surface area (Å²) in [4.78, 5) is 0. The Morgan fingerprint density at radius 3 is 3.17 bits per heavy atom. The van der Waals surface area contributed by atoms with Crippen LogP contribution >= 0.6 is 0 Å². The highest BCUT2D eigenvalue weighted by atomic mass is 16.5. The summed E-state index contributed by atoms with van der Waals surface area (Å²) in [7, 11) is 0. The molecule has 2 atom stereocenters. The van der Waals surface area contributed by atoms with Crippen LogP contribution in [0.3, 0.4) is 0 Å². The summed E-state index contributed by atoms with van der Waals surface area (Å²) in [6, 6.07) is 0.640. The Morgan fingerprint density at radius 1 is 1.67 bits per heavy atom. The minimum Gasteiger partial charge on any atom is -0.378 e. The summed E-state index contributed by atoms with van der Waals surface area (Å²) in [5.74, 6) is 0. The number of nitrogens with one attached hydrogen (secondary N) is 1. The average molecular weight is 169 g/mol. The van der Waals surface area contributed by atoms with Gasteiger partial charge in [0.05, 0.1) is 6.10 Å². The van der Waals surface area contributed by atoms with Crippen molar-refractivity contribution < 1.29 is 4.74 Å². The predicted octanol–water partition coefficient (Wildman–Crippen LogP) is 1.72. The second kappa shape index (κ2) is 5.33. The van der Waals surface area contributed by atoms with Crippen LogP contribution in [-0.2, 0) is 4.74 Å². The van der Waals surface area contributed by atoms with Gasteiger partial charge in [0, 0.05) is 19.2 Å². The lowest BCUT2D eigenvalue weighted by molar-refractivity contribution is 0.000578. The van der Waals surface area contributed by atoms with Crippen molar-refractivity contribution in [2.45, 2.75) is 38.3 Å². The van der Waals surface area contributed by atoms with Gasteiger partial charge in [-0.25, -0.2) is 0 Å². The Labute approximate surface area is 75.0 Å². The molecule has 70 valence electrons. The predicted molar refractivity (Wildman–Crippen MR) is 51.3 cm³/mol. The summed E-state index contributed by atoms with van der Waals surface area (Å²) in [6.07, 6.45) is 5.82. The van der Waals surface area contributed by atoms with E-state index in [0.717, 1.165) is 32.4 Å². The van der Waals surface area contributed by atoms with Gasteiger partial charge in [0.15, 0.2) is 0 Å². The molecule has 1 rings (SSSR count). The Kier molecular flexibility index (Phi) is 4.33. The molecule has 0 aromatic heterocycles. The Balaban J connectivity index is 2.20. The van der Waals surface area contributed by atoms with E-state index in [0.29, 0.717) is 12.1 Å². The molecule has 2 nitrogen and oxygen atoms in total. The summed E-state index contributed by atoms with van der Waals surface area (Å²) in [5.41, 5.74) is 0. The number of rotatable bonds is 4. The fourth-order valence-electron chi connectivity index (χ4n) is 1.60. The largest absolute Gasteiger partial charge is 0.378 e. The number of ether oxygens (including phenoxy) is 1. The SMILES string of the molecule is C=CCNC1CCOC(CC)C1. The van der Waals surface area contributed by atoms with Crippen molar-refractivity contribution in [2.75, 3.05) is 13.2 Å². The Morgan fingerprint density at radius 2 is 2.50 bits per heavy atom. The first-order chi connectivity index (χ1) is 5.86. The van der Waals surface area contributed by atoms with Crippen LogP contribution in [0.2, 0.25) is 0 Å². The number of hydrogen-bond acceptors (Lipinski definition) is 2. The molecule has 0 spiro atoms. The van der Waals surface area contributed by atoms with Crippen LogP contribution < -0.4 is 5.32 Å². The number of hydrogen-bond donors (Lipinski definition) is 1. The molecular weight excluding hydrogens is 150 g/mol. The second-order valence-corrected chi connectivity index (χ2v) is 3.32. The van der Waals surface area contributed by atoms with E-state index in [2.05, 4.69) is 18.8 Å². The third-order valence-corrected chi connectivity index (χ3v) is 2.37. The molecule has 0 aliphatic carbocycles. The molecule has 12 heavy (non-hydrogen) atoms. The highest BCUT2D eigenvalue weighted by molar-refractivity contribution is 4.79. The summed E-state index contributed by atoms with van der Waals surface area (Å²) in [5, 5.41) is 3.44. The summed E-state index contributed by atoms with van der Waals surface area (Å²) in [6.45, 7) is 7.70. The molecule has 2 heteroatoms. The van der Waals surface area contributed by atoms with Gasteiger partial charge in [0.1, 0.15) is 0 Å². The van der Waals surface area contributed by atoms with E-state index in [1.54, 1.807) is 0 Å². The van der Waals surface area contributed by atoms with Crippen LogP contribution in [0.25, 0.3) is 0 Å². The van der Waals surface area contributed by atoms with Crippen LogP contribution in [0, 0.1) is 0 Å². The van der Waals surface area contributed by atoms with Crippen LogP contribution in [0.5, 0.6) is 0 Å². The molecule has 0 aromatic carbocycles. The van der Waals surface area contributed by atoms with Gasteiger partial charge in [-0.2, -0.15) is 0 Å². The van der Waals surface area contributed by atoms with E-state index in [4.69, 9.17) is 4.74 Å². The van der Waals surface area contributed by atoms with Crippen LogP contribution in [0.15, 0.2) is 12.7 Å². The average Bonchev–Trinajstić information content (AvgIpc) is 2.15. The third kappa shape index (κ3) is 2.95. The van der Waals surface area contributed by atoms with E-state index in [1.807, 2.05) is 6.08 Å². The van der Waals surface area contributed by atoms with Crippen LogP contribution in [0.1, 0.15) is 26.2 Å². The first kappa shape index (κ1) is 9.75. The first-order valence-electron chi connectivity index (χ1n) is 4.82. The van der Waals surface area contributed by atoms with Gasteiger partial charge in [-0.3, -0.25) is 0 Å². The van der Waals surface area contributed by atoms with Gasteiger partial charge in [0.2, 0.25) is 0 Å². The standard InChI is InChI=1S/C10H19NO/c1-3-6-11-9-5-7-12-10(4-2)8-9/h3,9-11H,1,4-8H2,2H3. The van der Waals surface area contributed by atoms with Gasteiger partial charge in [-0.05, 0) is 19.3 Å². The molecule has 1 fully saturated rings. The molecule has 1 saturated heterocycles. The highest BCUT2D eigenvalue weighted by Gasteiger charge is 2.19. The Bertz CT molecular complexity index is 136. The molecule has 1 aliphatic rings. The molecular formula is C10H19NO. The minimum atomic E-state index is 0.473. The van der Waals surface area contributed by atoms with Crippen LogP contribution in [0.4, 0.5) is 0 Å². The molecule has 0 amide bonds. The molecule has 0 aromatic rings. The fraction of sp³-hybridized carbons (Fsp3) is 0.800. The molecule has 2 unspecified atom stereocenters. The molecule has 1 aliphatic heterocycles.